The number of likely N-dealkylation sites (N-methyl/N-ethyl adjacent to an activating group) is 1. The highest BCUT2D eigenvalue weighted by molar-refractivity contribution is 5.76. The molecule has 2 N–H and O–H groups in total. The molecule has 0 radical (unpaired) electrons. The van der Waals surface area contributed by atoms with Crippen LogP contribution in [0.25, 0.3) is 0 Å². The summed E-state index contributed by atoms with van der Waals surface area (Å²) in [6, 6.07) is 2.52. The molecule has 1 heterocycles. The molecule has 0 spiro atoms. The van der Waals surface area contributed by atoms with Crippen molar-refractivity contribution in [1.82, 2.24) is 4.90 Å². The molecule has 2 atom stereocenters. The zero-order valence-electron chi connectivity index (χ0n) is 10.2. The van der Waals surface area contributed by atoms with Gasteiger partial charge >= 0.3 is 0 Å². The first-order chi connectivity index (χ1) is 8.49. The third-order valence-corrected chi connectivity index (χ3v) is 3.37. The van der Waals surface area contributed by atoms with Crippen molar-refractivity contribution in [2.24, 2.45) is 5.73 Å². The number of hydrogen-bond acceptors (Lipinski definition) is 2. The highest BCUT2D eigenvalue weighted by Crippen LogP contribution is 2.29. The van der Waals surface area contributed by atoms with E-state index >= 15 is 0 Å². The van der Waals surface area contributed by atoms with Gasteiger partial charge in [0.25, 0.3) is 0 Å². The summed E-state index contributed by atoms with van der Waals surface area (Å²) in [4.78, 5) is 13.3. The van der Waals surface area contributed by atoms with Crippen molar-refractivity contribution >= 4 is 5.91 Å². The minimum absolute atomic E-state index is 0.0439. The van der Waals surface area contributed by atoms with Crippen molar-refractivity contribution in [3.63, 3.8) is 0 Å². The van der Waals surface area contributed by atoms with E-state index in [1.165, 1.54) is 17.0 Å². The van der Waals surface area contributed by atoms with Gasteiger partial charge in [-0.25, -0.2) is 8.78 Å². The molecule has 1 aromatic rings. The summed E-state index contributed by atoms with van der Waals surface area (Å²) in [5.74, 6) is -1.35. The number of rotatable bonds is 1. The normalized spacial score (nSPS) is 25.1. The molecule has 18 heavy (non-hydrogen) atoms. The van der Waals surface area contributed by atoms with Crippen LogP contribution >= 0.6 is 0 Å². The number of halogens is 2. The van der Waals surface area contributed by atoms with E-state index in [1.54, 1.807) is 7.05 Å². The Kier molecular flexibility index (Phi) is 3.61. The van der Waals surface area contributed by atoms with Gasteiger partial charge in [0.15, 0.2) is 0 Å². The minimum Gasteiger partial charge on any atom is -0.337 e. The minimum atomic E-state index is -0.651. The summed E-state index contributed by atoms with van der Waals surface area (Å²) >= 11 is 0. The van der Waals surface area contributed by atoms with Gasteiger partial charge in [-0.15, -0.1) is 0 Å². The molecule has 0 bridgehead atoms. The van der Waals surface area contributed by atoms with Gasteiger partial charge in [-0.3, -0.25) is 4.79 Å². The molecule has 98 valence electrons. The van der Waals surface area contributed by atoms with E-state index < -0.39 is 17.7 Å². The Morgan fingerprint density at radius 2 is 1.89 bits per heavy atom. The Balaban J connectivity index is 2.41. The third kappa shape index (κ3) is 2.51. The van der Waals surface area contributed by atoms with Crippen LogP contribution in [-0.2, 0) is 4.79 Å². The molecule has 2 rings (SSSR count). The van der Waals surface area contributed by atoms with Crippen LogP contribution in [0.2, 0.25) is 0 Å². The lowest BCUT2D eigenvalue weighted by Gasteiger charge is -2.30. The molecule has 1 fully saturated rings. The number of nitrogens with two attached hydrogens (primary N) is 1. The Morgan fingerprint density at radius 1 is 1.28 bits per heavy atom. The largest absolute Gasteiger partial charge is 0.337 e. The number of amides is 1. The fourth-order valence-corrected chi connectivity index (χ4v) is 2.48. The van der Waals surface area contributed by atoms with Gasteiger partial charge < -0.3 is 10.6 Å². The van der Waals surface area contributed by atoms with Crippen LogP contribution in [0, 0.1) is 11.6 Å². The van der Waals surface area contributed by atoms with Crippen molar-refractivity contribution in [2.75, 3.05) is 7.05 Å². The van der Waals surface area contributed by atoms with Crippen LogP contribution in [0.5, 0.6) is 0 Å². The van der Waals surface area contributed by atoms with Gasteiger partial charge in [0, 0.05) is 25.6 Å². The second kappa shape index (κ2) is 5.02. The van der Waals surface area contributed by atoms with Gasteiger partial charge in [0.05, 0.1) is 6.04 Å². The topological polar surface area (TPSA) is 46.3 Å². The van der Waals surface area contributed by atoms with Crippen molar-refractivity contribution in [3.05, 3.63) is 35.4 Å². The van der Waals surface area contributed by atoms with Gasteiger partial charge in [0.2, 0.25) is 5.91 Å². The summed E-state index contributed by atoms with van der Waals surface area (Å²) in [6.45, 7) is 0. The highest BCUT2D eigenvalue weighted by atomic mass is 19.1. The number of nitrogens with zero attached hydrogens (tertiary/aromatic N) is 1. The number of hydrogen-bond donors (Lipinski definition) is 1. The SMILES string of the molecule is CN1C(=O)CCCC(N)C1c1cc(F)cc(F)c1. The van der Waals surface area contributed by atoms with E-state index in [-0.39, 0.29) is 11.9 Å². The smallest absolute Gasteiger partial charge is 0.222 e. The summed E-state index contributed by atoms with van der Waals surface area (Å²) < 4.78 is 26.5. The van der Waals surface area contributed by atoms with Crippen molar-refractivity contribution in [1.29, 1.82) is 0 Å². The molecule has 0 saturated carbocycles. The zero-order valence-corrected chi connectivity index (χ0v) is 10.2. The van der Waals surface area contributed by atoms with Gasteiger partial charge in [0.1, 0.15) is 11.6 Å². The van der Waals surface area contributed by atoms with Crippen LogP contribution in [0.1, 0.15) is 30.9 Å². The number of likely N-dealkylation sites (tertiary alicyclic amines) is 1. The molecular formula is C13H16F2N2O. The van der Waals surface area contributed by atoms with Crippen LogP contribution in [0.15, 0.2) is 18.2 Å². The Labute approximate surface area is 105 Å². The fraction of sp³-hybridized carbons (Fsp3) is 0.462. The lowest BCUT2D eigenvalue weighted by Crippen LogP contribution is -2.39. The Hall–Kier alpha value is -1.49. The van der Waals surface area contributed by atoms with Crippen molar-refractivity contribution < 1.29 is 13.6 Å². The molecule has 1 saturated heterocycles. The molecule has 0 aliphatic carbocycles. The van der Waals surface area contributed by atoms with E-state index in [0.29, 0.717) is 24.8 Å². The Morgan fingerprint density at radius 3 is 2.50 bits per heavy atom. The van der Waals surface area contributed by atoms with Crippen LogP contribution in [0.3, 0.4) is 0 Å². The first-order valence-electron chi connectivity index (χ1n) is 5.96. The predicted molar refractivity (Wildman–Crippen MR) is 63.7 cm³/mol. The van der Waals surface area contributed by atoms with Gasteiger partial charge in [-0.1, -0.05) is 0 Å². The average molecular weight is 254 g/mol. The third-order valence-electron chi connectivity index (χ3n) is 3.37. The summed E-state index contributed by atoms with van der Waals surface area (Å²) in [7, 11) is 1.63. The van der Waals surface area contributed by atoms with Crippen molar-refractivity contribution in [3.8, 4) is 0 Å². The first-order valence-corrected chi connectivity index (χ1v) is 5.96. The molecule has 1 aliphatic rings. The molecule has 5 heteroatoms. The fourth-order valence-electron chi connectivity index (χ4n) is 2.48. The van der Waals surface area contributed by atoms with E-state index in [1.807, 2.05) is 0 Å². The first kappa shape index (κ1) is 13.0. The zero-order chi connectivity index (χ0) is 13.3. The van der Waals surface area contributed by atoms with E-state index in [2.05, 4.69) is 0 Å². The van der Waals surface area contributed by atoms with Crippen molar-refractivity contribution in [2.45, 2.75) is 31.3 Å². The van der Waals surface area contributed by atoms with Crippen LogP contribution in [-0.4, -0.2) is 23.9 Å². The van der Waals surface area contributed by atoms with E-state index in [9.17, 15) is 13.6 Å². The maximum absolute atomic E-state index is 13.3. The summed E-state index contributed by atoms with van der Waals surface area (Å²) in [6.07, 6.45) is 1.80. The number of carbonyl (C=O) groups excluding carboxylic acids is 1. The number of benzene rings is 1. The summed E-state index contributed by atoms with van der Waals surface area (Å²) in [5, 5.41) is 0. The molecule has 0 aromatic heterocycles. The average Bonchev–Trinajstić information content (AvgIpc) is 2.38. The number of carbonyl (C=O) groups is 1. The van der Waals surface area contributed by atoms with Crippen LogP contribution in [0.4, 0.5) is 8.78 Å². The second-order valence-corrected chi connectivity index (χ2v) is 4.71. The highest BCUT2D eigenvalue weighted by Gasteiger charge is 2.30. The molecule has 3 nitrogen and oxygen atoms in total. The maximum atomic E-state index is 13.3. The quantitative estimate of drug-likeness (QED) is 0.833. The van der Waals surface area contributed by atoms with Gasteiger partial charge in [-0.2, -0.15) is 0 Å². The van der Waals surface area contributed by atoms with E-state index in [0.717, 1.165) is 6.07 Å². The second-order valence-electron chi connectivity index (χ2n) is 4.71. The van der Waals surface area contributed by atoms with E-state index in [4.69, 9.17) is 5.73 Å². The summed E-state index contributed by atoms with van der Waals surface area (Å²) in [5.41, 5.74) is 6.44. The predicted octanol–water partition coefficient (Wildman–Crippen LogP) is 1.98. The molecule has 2 unspecified atom stereocenters. The molecule has 1 amide bonds. The lowest BCUT2D eigenvalue weighted by atomic mass is 9.96. The van der Waals surface area contributed by atoms with Crippen LogP contribution < -0.4 is 5.73 Å². The monoisotopic (exact) mass is 254 g/mol. The molecule has 1 aliphatic heterocycles. The van der Waals surface area contributed by atoms with Gasteiger partial charge in [-0.05, 0) is 30.5 Å². The molecular weight excluding hydrogens is 238 g/mol. The maximum Gasteiger partial charge on any atom is 0.222 e. The lowest BCUT2D eigenvalue weighted by molar-refractivity contribution is -0.131. The molecule has 1 aromatic carbocycles. The standard InChI is InChI=1S/C13H16F2N2O/c1-17-12(18)4-2-3-11(16)13(17)8-5-9(14)7-10(15)6-8/h5-7,11,13H,2-4,16H2,1H3. The Bertz CT molecular complexity index is 444.